The Kier molecular flexibility index (Phi) is 5.68. The number of benzene rings is 1. The van der Waals surface area contributed by atoms with E-state index in [2.05, 4.69) is 23.8 Å². The van der Waals surface area contributed by atoms with E-state index in [0.717, 1.165) is 16.7 Å². The largest absolute Gasteiger partial charge is 0.871 e. The number of fused-ring (bicyclic) bond motifs is 1. The van der Waals surface area contributed by atoms with Crippen LogP contribution in [0.1, 0.15) is 53.9 Å². The molecule has 7 heteroatoms. The standard InChI is InChI=1S/C28H26N4O3/c1-17(2)20-9-11-21(12-10-20)25-23(26(33)24-18(3)30-22-8-4-5-14-31(22)24)27(34)28(35)32(25)16-19-7-6-13-29-15-19/h4-15,17,25,33H,16H2,1-3H3. The second-order valence-electron chi connectivity index (χ2n) is 9.12. The Bertz CT molecular complexity index is 1450. The van der Waals surface area contributed by atoms with Gasteiger partial charge in [0.2, 0.25) is 5.78 Å². The first-order valence-electron chi connectivity index (χ1n) is 11.6. The molecule has 0 saturated carbocycles. The summed E-state index contributed by atoms with van der Waals surface area (Å²) in [6, 6.07) is 16.2. The van der Waals surface area contributed by atoms with Crippen LogP contribution in [0.5, 0.6) is 0 Å². The fourth-order valence-electron chi connectivity index (χ4n) is 4.68. The number of carbonyl (C=O) groups excluding carboxylic acids is 2. The van der Waals surface area contributed by atoms with Crippen molar-refractivity contribution in [3.63, 3.8) is 0 Å². The number of nitrogens with zero attached hydrogens (tertiary/aromatic N) is 3. The van der Waals surface area contributed by atoms with Gasteiger partial charge < -0.3 is 14.4 Å². The lowest BCUT2D eigenvalue weighted by molar-refractivity contribution is -0.378. The minimum atomic E-state index is -0.794. The Balaban J connectivity index is 1.70. The summed E-state index contributed by atoms with van der Waals surface area (Å²) in [7, 11) is 0. The highest BCUT2D eigenvalue weighted by Crippen LogP contribution is 2.40. The lowest BCUT2D eigenvalue weighted by Gasteiger charge is -2.27. The van der Waals surface area contributed by atoms with Gasteiger partial charge in [-0.15, -0.1) is 0 Å². The van der Waals surface area contributed by atoms with Crippen LogP contribution in [0.25, 0.3) is 11.4 Å². The Labute approximate surface area is 203 Å². The Morgan fingerprint density at radius 2 is 1.86 bits per heavy atom. The number of nitrogens with one attached hydrogen (secondary N) is 1. The third-order valence-corrected chi connectivity index (χ3v) is 6.49. The summed E-state index contributed by atoms with van der Waals surface area (Å²) in [5, 5.41) is 14.0. The van der Waals surface area contributed by atoms with Crippen molar-refractivity contribution in [3.05, 3.63) is 107 Å². The van der Waals surface area contributed by atoms with Crippen LogP contribution in [0.2, 0.25) is 0 Å². The number of ketones is 1. The van der Waals surface area contributed by atoms with E-state index in [1.807, 2.05) is 42.5 Å². The average Bonchev–Trinajstić information content (AvgIpc) is 3.33. The maximum Gasteiger partial charge on any atom is 0.295 e. The number of aryl methyl sites for hydroxylation is 1. The van der Waals surface area contributed by atoms with Crippen LogP contribution >= 0.6 is 0 Å². The lowest BCUT2D eigenvalue weighted by atomic mass is 9.93. The van der Waals surface area contributed by atoms with Gasteiger partial charge in [0, 0.05) is 23.4 Å². The maximum atomic E-state index is 14.0. The number of aromatic nitrogens is 3. The summed E-state index contributed by atoms with van der Waals surface area (Å²) in [6.45, 7) is 6.14. The molecule has 1 fully saturated rings. The SMILES string of the molecule is Cc1nc2ccccn2c1C([O-])=C1C(=O)C(=O)N(Cc2ccc[nH+]c2)C1c1ccc(C(C)C)cc1. The minimum Gasteiger partial charge on any atom is -0.871 e. The van der Waals surface area contributed by atoms with Crippen molar-refractivity contribution in [3.8, 4) is 0 Å². The first kappa shape index (κ1) is 22.5. The number of aromatic amines is 1. The summed E-state index contributed by atoms with van der Waals surface area (Å²) in [6.07, 6.45) is 5.30. The topological polar surface area (TPSA) is 91.9 Å². The van der Waals surface area contributed by atoms with Crippen molar-refractivity contribution in [1.29, 1.82) is 0 Å². The van der Waals surface area contributed by atoms with E-state index in [9.17, 15) is 14.7 Å². The predicted octanol–water partition coefficient (Wildman–Crippen LogP) is 3.00. The fraction of sp³-hybridized carbons (Fsp3) is 0.214. The van der Waals surface area contributed by atoms with Gasteiger partial charge in [-0.3, -0.25) is 9.59 Å². The molecule has 1 aromatic carbocycles. The molecule has 7 nitrogen and oxygen atoms in total. The molecule has 0 spiro atoms. The van der Waals surface area contributed by atoms with Gasteiger partial charge in [0.05, 0.1) is 24.0 Å². The molecule has 176 valence electrons. The van der Waals surface area contributed by atoms with Crippen molar-refractivity contribution in [2.45, 2.75) is 39.3 Å². The molecule has 35 heavy (non-hydrogen) atoms. The third-order valence-electron chi connectivity index (χ3n) is 6.49. The van der Waals surface area contributed by atoms with Gasteiger partial charge in [-0.05, 0) is 42.2 Å². The molecule has 1 N–H and O–H groups in total. The van der Waals surface area contributed by atoms with E-state index >= 15 is 0 Å². The number of hydrogen-bond acceptors (Lipinski definition) is 4. The Morgan fingerprint density at radius 1 is 1.09 bits per heavy atom. The molecule has 5 rings (SSSR count). The number of pyridine rings is 2. The van der Waals surface area contributed by atoms with Crippen molar-refractivity contribution >= 4 is 23.1 Å². The predicted molar refractivity (Wildman–Crippen MR) is 129 cm³/mol. The van der Waals surface area contributed by atoms with Crippen molar-refractivity contribution in [1.82, 2.24) is 14.3 Å². The summed E-state index contributed by atoms with van der Waals surface area (Å²) in [5.74, 6) is -1.59. The zero-order valence-electron chi connectivity index (χ0n) is 19.9. The molecular formula is C28H26N4O3. The third kappa shape index (κ3) is 3.89. The number of carbonyl (C=O) groups is 2. The highest BCUT2D eigenvalue weighted by molar-refractivity contribution is 6.46. The maximum absolute atomic E-state index is 14.0. The van der Waals surface area contributed by atoms with Gasteiger partial charge in [-0.2, -0.15) is 0 Å². The first-order valence-corrected chi connectivity index (χ1v) is 11.6. The van der Waals surface area contributed by atoms with Crippen LogP contribution in [-0.4, -0.2) is 26.0 Å². The molecule has 0 bridgehead atoms. The van der Waals surface area contributed by atoms with Crippen molar-refractivity contribution < 1.29 is 19.7 Å². The Morgan fingerprint density at radius 3 is 2.54 bits per heavy atom. The number of rotatable bonds is 5. The second kappa shape index (κ2) is 8.83. The van der Waals surface area contributed by atoms with E-state index in [0.29, 0.717) is 23.0 Å². The minimum absolute atomic E-state index is 0.0408. The number of amides is 1. The highest BCUT2D eigenvalue weighted by Gasteiger charge is 2.44. The van der Waals surface area contributed by atoms with Crippen LogP contribution in [0.3, 0.4) is 0 Å². The summed E-state index contributed by atoms with van der Waals surface area (Å²) >= 11 is 0. The molecule has 0 radical (unpaired) electrons. The fourth-order valence-corrected chi connectivity index (χ4v) is 4.68. The number of Topliss-reactive ketones (excluding diaryl/α,β-unsaturated/α-hetero) is 1. The molecule has 4 heterocycles. The molecule has 0 aliphatic carbocycles. The molecule has 1 atom stereocenters. The van der Waals surface area contributed by atoms with E-state index in [1.165, 1.54) is 4.90 Å². The van der Waals surface area contributed by atoms with Crippen LogP contribution in [0.15, 0.2) is 78.8 Å². The smallest absolute Gasteiger partial charge is 0.295 e. The average molecular weight is 467 g/mol. The van der Waals surface area contributed by atoms with E-state index in [4.69, 9.17) is 0 Å². The summed E-state index contributed by atoms with van der Waals surface area (Å²) in [4.78, 5) is 35.6. The number of hydrogen-bond donors (Lipinski definition) is 0. The van der Waals surface area contributed by atoms with Gasteiger partial charge in [0.25, 0.3) is 5.91 Å². The quantitative estimate of drug-likeness (QED) is 0.257. The number of likely N-dealkylation sites (tertiary alicyclic amines) is 1. The van der Waals surface area contributed by atoms with Gasteiger partial charge in [0.15, 0.2) is 12.4 Å². The van der Waals surface area contributed by atoms with Crippen LogP contribution in [0.4, 0.5) is 0 Å². The first-order chi connectivity index (χ1) is 16.9. The number of imidazole rings is 1. The van der Waals surface area contributed by atoms with Crippen molar-refractivity contribution in [2.24, 2.45) is 0 Å². The normalized spacial score (nSPS) is 17.6. The van der Waals surface area contributed by atoms with Gasteiger partial charge in [-0.25, -0.2) is 9.97 Å². The van der Waals surface area contributed by atoms with Crippen molar-refractivity contribution in [2.75, 3.05) is 0 Å². The zero-order chi connectivity index (χ0) is 24.7. The number of H-pyrrole nitrogens is 1. The van der Waals surface area contributed by atoms with Crippen LogP contribution < -0.4 is 10.1 Å². The Hall–Kier alpha value is -4.26. The molecule has 1 unspecified atom stereocenters. The highest BCUT2D eigenvalue weighted by atomic mass is 16.3. The molecule has 1 aliphatic rings. The van der Waals surface area contributed by atoms with E-state index < -0.39 is 23.5 Å². The molecule has 1 aliphatic heterocycles. The van der Waals surface area contributed by atoms with Gasteiger partial charge in [0.1, 0.15) is 5.65 Å². The van der Waals surface area contributed by atoms with Crippen LogP contribution in [0, 0.1) is 6.92 Å². The molecule has 4 aromatic rings. The summed E-state index contributed by atoms with van der Waals surface area (Å²) in [5.41, 5.74) is 4.08. The lowest BCUT2D eigenvalue weighted by Crippen LogP contribution is -2.29. The second-order valence-corrected chi connectivity index (χ2v) is 9.12. The molecule has 1 saturated heterocycles. The van der Waals surface area contributed by atoms with E-state index in [1.54, 1.807) is 42.0 Å². The molecular weight excluding hydrogens is 440 g/mol. The van der Waals surface area contributed by atoms with Gasteiger partial charge >= 0.3 is 0 Å². The summed E-state index contributed by atoms with van der Waals surface area (Å²) < 4.78 is 1.68. The molecule has 1 amide bonds. The zero-order valence-corrected chi connectivity index (χ0v) is 19.9. The van der Waals surface area contributed by atoms with Crippen LogP contribution in [-0.2, 0) is 16.1 Å². The monoisotopic (exact) mass is 466 g/mol. The van der Waals surface area contributed by atoms with Gasteiger partial charge in [-0.1, -0.05) is 49.9 Å². The van der Waals surface area contributed by atoms with E-state index in [-0.39, 0.29) is 12.1 Å². The molecule has 3 aromatic heterocycles.